The molecule has 0 heterocycles. The predicted octanol–water partition coefficient (Wildman–Crippen LogP) is 3.54. The highest BCUT2D eigenvalue weighted by atomic mass is 16.5. The quantitative estimate of drug-likeness (QED) is 0.618. The molecule has 0 atom stereocenters. The smallest absolute Gasteiger partial charge is 0.307 e. The van der Waals surface area contributed by atoms with Crippen LogP contribution in [-0.4, -0.2) is 42.5 Å². The normalized spacial score (nSPS) is 10.5. The summed E-state index contributed by atoms with van der Waals surface area (Å²) in [6, 6.07) is 7.90. The van der Waals surface area contributed by atoms with Crippen molar-refractivity contribution < 1.29 is 38.7 Å². The van der Waals surface area contributed by atoms with Gasteiger partial charge in [0, 0.05) is 11.6 Å². The van der Waals surface area contributed by atoms with Crippen LogP contribution in [0.5, 0.6) is 28.7 Å². The molecule has 29 heavy (non-hydrogen) atoms. The number of hydrogen-bond donors (Lipinski definition) is 2. The van der Waals surface area contributed by atoms with Gasteiger partial charge in [-0.15, -0.1) is 0 Å². The van der Waals surface area contributed by atoms with E-state index in [1.54, 1.807) is 18.2 Å². The largest absolute Gasteiger partial charge is 0.493 e. The van der Waals surface area contributed by atoms with E-state index >= 15 is 0 Å². The summed E-state index contributed by atoms with van der Waals surface area (Å²) in [6.07, 6.45) is -0.636. The van der Waals surface area contributed by atoms with Crippen LogP contribution in [0, 0.1) is 0 Å². The summed E-state index contributed by atoms with van der Waals surface area (Å²) in [5.41, 5.74) is 0.887. The lowest BCUT2D eigenvalue weighted by molar-refractivity contribution is -0.137. The fraction of sp³-hybridized carbons (Fsp3) is 0.333. The van der Waals surface area contributed by atoms with Crippen LogP contribution < -0.4 is 18.9 Å². The molecule has 0 fully saturated rings. The summed E-state index contributed by atoms with van der Waals surface area (Å²) in [4.78, 5) is 22.4. The lowest BCUT2D eigenvalue weighted by Crippen LogP contribution is -2.08. The topological polar surface area (TPSA) is 112 Å². The maximum absolute atomic E-state index is 11.3. The highest BCUT2D eigenvalue weighted by Gasteiger charge is 2.18. The lowest BCUT2D eigenvalue weighted by Gasteiger charge is -2.18. The van der Waals surface area contributed by atoms with Crippen molar-refractivity contribution in [3.8, 4) is 28.7 Å². The molecule has 0 spiro atoms. The molecule has 2 aromatic carbocycles. The number of carbonyl (C=O) groups is 2. The first-order valence-electron chi connectivity index (χ1n) is 8.89. The van der Waals surface area contributed by atoms with Crippen molar-refractivity contribution in [2.75, 3.05) is 14.2 Å². The summed E-state index contributed by atoms with van der Waals surface area (Å²) in [5, 5.41) is 18.3. The molecule has 0 aliphatic rings. The molecule has 0 amide bonds. The highest BCUT2D eigenvalue weighted by Crippen LogP contribution is 2.40. The van der Waals surface area contributed by atoms with Gasteiger partial charge in [-0.2, -0.15) is 0 Å². The van der Waals surface area contributed by atoms with Gasteiger partial charge < -0.3 is 29.2 Å². The van der Waals surface area contributed by atoms with Gasteiger partial charge in [0.05, 0.1) is 33.2 Å². The number of ether oxygens (including phenoxy) is 4. The Hall–Kier alpha value is -3.42. The number of rotatable bonds is 10. The molecule has 0 saturated heterocycles. The second-order valence-electron chi connectivity index (χ2n) is 6.51. The summed E-state index contributed by atoms with van der Waals surface area (Å²) < 4.78 is 22.3. The zero-order valence-electron chi connectivity index (χ0n) is 16.7. The van der Waals surface area contributed by atoms with Crippen LogP contribution in [0.1, 0.15) is 25.0 Å². The van der Waals surface area contributed by atoms with Gasteiger partial charge in [-0.05, 0) is 37.6 Å². The van der Waals surface area contributed by atoms with E-state index in [4.69, 9.17) is 24.1 Å². The number of carboxylic acids is 2. The maximum atomic E-state index is 11.3. The van der Waals surface area contributed by atoms with E-state index in [1.165, 1.54) is 26.4 Å². The van der Waals surface area contributed by atoms with E-state index in [-0.39, 0.29) is 30.4 Å². The Labute approximate surface area is 168 Å². The second kappa shape index (κ2) is 9.68. The molecular weight excluding hydrogens is 380 g/mol. The summed E-state index contributed by atoms with van der Waals surface area (Å²) in [7, 11) is 2.91. The Morgan fingerprint density at radius 3 is 2.00 bits per heavy atom. The van der Waals surface area contributed by atoms with Gasteiger partial charge in [0.15, 0.2) is 23.0 Å². The minimum Gasteiger partial charge on any atom is -0.493 e. The molecule has 8 heteroatoms. The summed E-state index contributed by atoms with van der Waals surface area (Å²) in [6.45, 7) is 3.70. The van der Waals surface area contributed by atoms with Crippen molar-refractivity contribution in [2.24, 2.45) is 0 Å². The number of aliphatic carboxylic acids is 2. The molecule has 0 radical (unpaired) electrons. The molecule has 8 nitrogen and oxygen atoms in total. The average molecular weight is 404 g/mol. The van der Waals surface area contributed by atoms with Crippen LogP contribution in [0.15, 0.2) is 30.3 Å². The molecule has 2 N–H and O–H groups in total. The van der Waals surface area contributed by atoms with Crippen molar-refractivity contribution in [1.29, 1.82) is 0 Å². The van der Waals surface area contributed by atoms with Crippen LogP contribution in [0.2, 0.25) is 0 Å². The van der Waals surface area contributed by atoms with Crippen molar-refractivity contribution in [3.63, 3.8) is 0 Å². The van der Waals surface area contributed by atoms with Crippen molar-refractivity contribution in [1.82, 2.24) is 0 Å². The third-order valence-electron chi connectivity index (χ3n) is 3.85. The number of benzene rings is 2. The molecule has 2 aromatic rings. The van der Waals surface area contributed by atoms with E-state index < -0.39 is 11.9 Å². The Bertz CT molecular complexity index is 888. The van der Waals surface area contributed by atoms with Gasteiger partial charge >= 0.3 is 11.9 Å². The van der Waals surface area contributed by atoms with Crippen LogP contribution in [0.4, 0.5) is 0 Å². The standard InChI is InChI=1S/C21H24O8/c1-12(2)28-15-6-5-13(8-20(22)23)7-19(15)29-16-11-18(27-4)17(26-3)9-14(16)10-21(24)25/h5-7,9,11-12H,8,10H2,1-4H3,(H,22,23)(H,24,25). The van der Waals surface area contributed by atoms with Crippen molar-refractivity contribution in [2.45, 2.75) is 32.8 Å². The fourth-order valence-electron chi connectivity index (χ4n) is 2.69. The van der Waals surface area contributed by atoms with Crippen LogP contribution in [0.3, 0.4) is 0 Å². The summed E-state index contributed by atoms with van der Waals surface area (Å²) in [5.74, 6) is -0.363. The number of carboxylic acid groups (broad SMARTS) is 2. The molecule has 0 aliphatic heterocycles. The molecule has 2 rings (SSSR count). The Morgan fingerprint density at radius 2 is 1.45 bits per heavy atom. The van der Waals surface area contributed by atoms with Gasteiger partial charge in [0.25, 0.3) is 0 Å². The number of hydrogen-bond acceptors (Lipinski definition) is 6. The van der Waals surface area contributed by atoms with E-state index in [1.807, 2.05) is 13.8 Å². The first-order valence-corrected chi connectivity index (χ1v) is 8.89. The Kier molecular flexibility index (Phi) is 7.30. The maximum Gasteiger partial charge on any atom is 0.307 e. The van der Waals surface area contributed by atoms with E-state index in [0.29, 0.717) is 28.4 Å². The van der Waals surface area contributed by atoms with Gasteiger partial charge in [-0.1, -0.05) is 6.07 Å². The fourth-order valence-corrected chi connectivity index (χ4v) is 2.69. The molecular formula is C21H24O8. The number of methoxy groups -OCH3 is 2. The zero-order valence-corrected chi connectivity index (χ0v) is 16.7. The molecule has 156 valence electrons. The van der Waals surface area contributed by atoms with E-state index in [9.17, 15) is 14.7 Å². The molecule has 0 bridgehead atoms. The lowest BCUT2D eigenvalue weighted by atomic mass is 10.1. The first-order chi connectivity index (χ1) is 13.7. The van der Waals surface area contributed by atoms with Gasteiger partial charge in [0.1, 0.15) is 5.75 Å². The molecule has 0 saturated carbocycles. The van der Waals surface area contributed by atoms with Crippen LogP contribution in [-0.2, 0) is 22.4 Å². The molecule has 0 unspecified atom stereocenters. The van der Waals surface area contributed by atoms with Gasteiger partial charge in [0.2, 0.25) is 0 Å². The Morgan fingerprint density at radius 1 is 0.828 bits per heavy atom. The third-order valence-corrected chi connectivity index (χ3v) is 3.85. The van der Waals surface area contributed by atoms with Crippen LogP contribution >= 0.6 is 0 Å². The van der Waals surface area contributed by atoms with Gasteiger partial charge in [-0.25, -0.2) is 0 Å². The van der Waals surface area contributed by atoms with E-state index in [2.05, 4.69) is 0 Å². The van der Waals surface area contributed by atoms with Crippen molar-refractivity contribution >= 4 is 11.9 Å². The SMILES string of the molecule is COc1cc(CC(=O)O)c(Oc2cc(CC(=O)O)ccc2OC(C)C)cc1OC. The summed E-state index contributed by atoms with van der Waals surface area (Å²) >= 11 is 0. The third kappa shape index (κ3) is 6.03. The van der Waals surface area contributed by atoms with Gasteiger partial charge in [-0.3, -0.25) is 9.59 Å². The first kappa shape index (κ1) is 21.9. The predicted molar refractivity (Wildman–Crippen MR) is 105 cm³/mol. The average Bonchev–Trinajstić information content (AvgIpc) is 2.63. The minimum atomic E-state index is -1.04. The minimum absolute atomic E-state index is 0.147. The second-order valence-corrected chi connectivity index (χ2v) is 6.51. The highest BCUT2D eigenvalue weighted by molar-refractivity contribution is 5.73. The zero-order chi connectivity index (χ0) is 21.6. The molecule has 0 aromatic heterocycles. The van der Waals surface area contributed by atoms with E-state index in [0.717, 1.165) is 0 Å². The Balaban J connectivity index is 2.54. The van der Waals surface area contributed by atoms with Crippen LogP contribution in [0.25, 0.3) is 0 Å². The molecule has 0 aliphatic carbocycles. The van der Waals surface area contributed by atoms with Crippen molar-refractivity contribution in [3.05, 3.63) is 41.5 Å². The monoisotopic (exact) mass is 404 g/mol.